The molecule has 19 heavy (non-hydrogen) atoms. The van der Waals surface area contributed by atoms with Crippen LogP contribution in [-0.2, 0) is 21.6 Å². The van der Waals surface area contributed by atoms with E-state index in [1.807, 2.05) is 18.2 Å². The molecular formula is C15H16O4. The number of hydrogen-bond acceptors (Lipinski definition) is 3. The van der Waals surface area contributed by atoms with E-state index >= 15 is 0 Å². The molecule has 1 aromatic carbocycles. The molecule has 2 aliphatic carbocycles. The summed E-state index contributed by atoms with van der Waals surface area (Å²) in [6, 6.07) is 5.76. The first kappa shape index (κ1) is 11.3. The van der Waals surface area contributed by atoms with E-state index in [1.165, 1.54) is 0 Å². The summed E-state index contributed by atoms with van der Waals surface area (Å²) in [5.41, 5.74) is 1.21. The Hall–Kier alpha value is -1.55. The average molecular weight is 260 g/mol. The number of ether oxygens (including phenoxy) is 2. The van der Waals surface area contributed by atoms with Gasteiger partial charge in [0.2, 0.25) is 5.79 Å². The molecule has 0 bridgehead atoms. The molecule has 0 atom stereocenters. The van der Waals surface area contributed by atoms with Gasteiger partial charge >= 0.3 is 5.97 Å². The summed E-state index contributed by atoms with van der Waals surface area (Å²) in [7, 11) is 0. The minimum absolute atomic E-state index is 0.390. The number of hydrogen-bond donors (Lipinski definition) is 1. The Morgan fingerprint density at radius 1 is 1.21 bits per heavy atom. The fourth-order valence-corrected chi connectivity index (χ4v) is 2.99. The van der Waals surface area contributed by atoms with Crippen molar-refractivity contribution in [1.29, 1.82) is 0 Å². The van der Waals surface area contributed by atoms with E-state index in [-0.39, 0.29) is 0 Å². The van der Waals surface area contributed by atoms with Crippen molar-refractivity contribution in [2.24, 2.45) is 0 Å². The highest BCUT2D eigenvalue weighted by Crippen LogP contribution is 2.50. The lowest BCUT2D eigenvalue weighted by Gasteiger charge is -2.44. The van der Waals surface area contributed by atoms with Crippen molar-refractivity contribution in [3.8, 4) is 5.75 Å². The van der Waals surface area contributed by atoms with Gasteiger partial charge in [-0.2, -0.15) is 0 Å². The second kappa shape index (κ2) is 3.51. The first-order chi connectivity index (χ1) is 9.14. The Labute approximate surface area is 111 Å². The van der Waals surface area contributed by atoms with E-state index in [1.54, 1.807) is 0 Å². The first-order valence-electron chi connectivity index (χ1n) is 6.83. The SMILES string of the molecule is O=C(O)C1(c2ccc3c(c2)COC2(CCC2)O3)CC1. The maximum absolute atomic E-state index is 11.3. The largest absolute Gasteiger partial charge is 0.481 e. The summed E-state index contributed by atoms with van der Waals surface area (Å²) in [4.78, 5) is 11.3. The Morgan fingerprint density at radius 2 is 2.00 bits per heavy atom. The van der Waals surface area contributed by atoms with Crippen molar-refractivity contribution >= 4 is 5.97 Å². The van der Waals surface area contributed by atoms with Gasteiger partial charge < -0.3 is 14.6 Å². The summed E-state index contributed by atoms with van der Waals surface area (Å²) >= 11 is 0. The number of carbonyl (C=O) groups is 1. The Morgan fingerprint density at radius 3 is 2.58 bits per heavy atom. The van der Waals surface area contributed by atoms with E-state index in [0.29, 0.717) is 6.61 Å². The standard InChI is InChI=1S/C15H16O4/c16-13(17)14(6-7-14)11-2-3-12-10(8-11)9-18-15(19-12)4-1-5-15/h2-3,8H,1,4-7,9H2,(H,16,17). The third-order valence-electron chi connectivity index (χ3n) is 4.67. The van der Waals surface area contributed by atoms with Crippen molar-refractivity contribution in [3.63, 3.8) is 0 Å². The van der Waals surface area contributed by atoms with Crippen LogP contribution >= 0.6 is 0 Å². The lowest BCUT2D eigenvalue weighted by Crippen LogP contribution is -2.47. The van der Waals surface area contributed by atoms with Crippen molar-refractivity contribution in [3.05, 3.63) is 29.3 Å². The Bertz CT molecular complexity index is 555. The number of rotatable bonds is 2. The van der Waals surface area contributed by atoms with Crippen LogP contribution in [0.15, 0.2) is 18.2 Å². The average Bonchev–Trinajstić information content (AvgIpc) is 3.17. The lowest BCUT2D eigenvalue weighted by molar-refractivity contribution is -0.247. The zero-order valence-corrected chi connectivity index (χ0v) is 10.6. The van der Waals surface area contributed by atoms with Crippen LogP contribution in [0.3, 0.4) is 0 Å². The van der Waals surface area contributed by atoms with Gasteiger partial charge in [0.1, 0.15) is 5.75 Å². The highest BCUT2D eigenvalue weighted by Gasteiger charge is 2.52. The predicted molar refractivity (Wildman–Crippen MR) is 67.0 cm³/mol. The molecule has 0 saturated heterocycles. The second-order valence-electron chi connectivity index (χ2n) is 5.86. The van der Waals surface area contributed by atoms with Crippen LogP contribution in [-0.4, -0.2) is 16.9 Å². The molecule has 1 heterocycles. The van der Waals surface area contributed by atoms with E-state index in [9.17, 15) is 9.90 Å². The normalized spacial score (nSPS) is 25.1. The van der Waals surface area contributed by atoms with Gasteiger partial charge in [-0.25, -0.2) is 0 Å². The molecule has 2 fully saturated rings. The highest BCUT2D eigenvalue weighted by atomic mass is 16.7. The van der Waals surface area contributed by atoms with E-state index in [4.69, 9.17) is 9.47 Å². The fraction of sp³-hybridized carbons (Fsp3) is 0.533. The summed E-state index contributed by atoms with van der Waals surface area (Å²) < 4.78 is 11.7. The molecule has 4 heteroatoms. The third-order valence-corrected chi connectivity index (χ3v) is 4.67. The number of carboxylic acid groups (broad SMARTS) is 1. The summed E-state index contributed by atoms with van der Waals surface area (Å²) in [5.74, 6) is -0.255. The molecule has 100 valence electrons. The molecule has 0 aromatic heterocycles. The number of fused-ring (bicyclic) bond motifs is 1. The minimum atomic E-state index is -0.722. The molecule has 3 aliphatic rings. The van der Waals surface area contributed by atoms with Crippen LogP contribution in [0.2, 0.25) is 0 Å². The Kier molecular flexibility index (Phi) is 2.09. The first-order valence-corrected chi connectivity index (χ1v) is 6.83. The zero-order chi connectivity index (χ0) is 13.1. The maximum atomic E-state index is 11.3. The minimum Gasteiger partial charge on any atom is -0.481 e. The molecule has 1 spiro atoms. The molecule has 0 amide bonds. The smallest absolute Gasteiger partial charge is 0.314 e. The predicted octanol–water partition coefficient (Wildman–Crippen LogP) is 2.59. The van der Waals surface area contributed by atoms with Crippen LogP contribution in [0.4, 0.5) is 0 Å². The van der Waals surface area contributed by atoms with Crippen LogP contribution in [0, 0.1) is 0 Å². The molecule has 1 aromatic rings. The van der Waals surface area contributed by atoms with Crippen LogP contribution < -0.4 is 4.74 Å². The fourth-order valence-electron chi connectivity index (χ4n) is 2.99. The van der Waals surface area contributed by atoms with Crippen molar-refractivity contribution < 1.29 is 19.4 Å². The topological polar surface area (TPSA) is 55.8 Å². The van der Waals surface area contributed by atoms with Crippen LogP contribution in [0.1, 0.15) is 43.2 Å². The van der Waals surface area contributed by atoms with Crippen molar-refractivity contribution in [2.45, 2.75) is 49.9 Å². The van der Waals surface area contributed by atoms with Gasteiger partial charge in [0, 0.05) is 18.4 Å². The number of carboxylic acids is 1. The van der Waals surface area contributed by atoms with Crippen molar-refractivity contribution in [2.75, 3.05) is 0 Å². The van der Waals surface area contributed by atoms with Crippen LogP contribution in [0.5, 0.6) is 5.75 Å². The van der Waals surface area contributed by atoms with Gasteiger partial charge in [-0.1, -0.05) is 6.07 Å². The molecule has 1 N–H and O–H groups in total. The van der Waals surface area contributed by atoms with Gasteiger partial charge in [0.25, 0.3) is 0 Å². The summed E-state index contributed by atoms with van der Waals surface area (Å²) in [6.45, 7) is 0.527. The Balaban J connectivity index is 1.67. The number of benzene rings is 1. The molecule has 0 unspecified atom stereocenters. The van der Waals surface area contributed by atoms with E-state index < -0.39 is 17.2 Å². The molecule has 4 nitrogen and oxygen atoms in total. The van der Waals surface area contributed by atoms with Gasteiger partial charge in [0.15, 0.2) is 0 Å². The second-order valence-corrected chi connectivity index (χ2v) is 5.86. The number of aliphatic carboxylic acids is 1. The van der Waals surface area contributed by atoms with Gasteiger partial charge in [0.05, 0.1) is 12.0 Å². The molecule has 1 aliphatic heterocycles. The zero-order valence-electron chi connectivity index (χ0n) is 10.6. The molecule has 4 rings (SSSR count). The molecular weight excluding hydrogens is 244 g/mol. The monoisotopic (exact) mass is 260 g/mol. The van der Waals surface area contributed by atoms with Crippen LogP contribution in [0.25, 0.3) is 0 Å². The molecule has 2 saturated carbocycles. The summed E-state index contributed by atoms with van der Waals surface area (Å²) in [5, 5.41) is 9.33. The van der Waals surface area contributed by atoms with Gasteiger partial charge in [-0.15, -0.1) is 0 Å². The lowest BCUT2D eigenvalue weighted by atomic mass is 9.89. The van der Waals surface area contributed by atoms with Crippen molar-refractivity contribution in [1.82, 2.24) is 0 Å². The van der Waals surface area contributed by atoms with E-state index in [2.05, 4.69) is 0 Å². The highest BCUT2D eigenvalue weighted by molar-refractivity contribution is 5.85. The van der Waals surface area contributed by atoms with Gasteiger partial charge in [-0.3, -0.25) is 4.79 Å². The summed E-state index contributed by atoms with van der Waals surface area (Å²) in [6.07, 6.45) is 4.51. The molecule has 0 radical (unpaired) electrons. The third kappa shape index (κ3) is 1.53. The van der Waals surface area contributed by atoms with Gasteiger partial charge in [-0.05, 0) is 37.0 Å². The maximum Gasteiger partial charge on any atom is 0.314 e. The van der Waals surface area contributed by atoms with E-state index in [0.717, 1.165) is 49.0 Å². The quantitative estimate of drug-likeness (QED) is 0.888.